The van der Waals surface area contributed by atoms with Crippen molar-refractivity contribution < 1.29 is 44.5 Å². The van der Waals surface area contributed by atoms with Gasteiger partial charge in [-0.2, -0.15) is 0 Å². The Kier molecular flexibility index (Phi) is 26.7. The molecule has 5 unspecified atom stereocenters. The van der Waals surface area contributed by atoms with Gasteiger partial charge in [-0.3, -0.25) is 0 Å². The summed E-state index contributed by atoms with van der Waals surface area (Å²) < 4.78 is 26.4. The second kappa shape index (κ2) is 29.0. The second-order valence-electron chi connectivity index (χ2n) is 17.0. The van der Waals surface area contributed by atoms with Crippen molar-refractivity contribution >= 4 is 10.0 Å². The van der Waals surface area contributed by atoms with Gasteiger partial charge in [0.25, 0.3) is 0 Å². The minimum Gasteiger partial charge on any atom is -0.394 e. The Morgan fingerprint density at radius 1 is 0.736 bits per heavy atom. The summed E-state index contributed by atoms with van der Waals surface area (Å²) in [5.74, 6) is 2.55. The first-order valence-electron chi connectivity index (χ1n) is 21.8. The fourth-order valence-corrected chi connectivity index (χ4v) is 10.1. The Bertz CT molecular complexity index is 913. The van der Waals surface area contributed by atoms with Crippen LogP contribution in [-0.2, 0) is 9.47 Å². The molecule has 8 nitrogen and oxygen atoms in total. The smallest absolute Gasteiger partial charge is 0.186 e. The van der Waals surface area contributed by atoms with Gasteiger partial charge in [0.2, 0.25) is 0 Å². The van der Waals surface area contributed by atoms with Crippen LogP contribution in [0.25, 0.3) is 0 Å². The van der Waals surface area contributed by atoms with Crippen molar-refractivity contribution in [1.82, 2.24) is 0 Å². The van der Waals surface area contributed by atoms with E-state index in [4.69, 9.17) is 9.47 Å². The van der Waals surface area contributed by atoms with E-state index in [1.165, 1.54) is 114 Å². The average Bonchev–Trinajstić information content (AvgIpc) is 3.14. The number of unbranched alkanes of at least 4 members (excludes halogenated alkanes) is 18. The summed E-state index contributed by atoms with van der Waals surface area (Å²) in [6, 6.07) is 0. The summed E-state index contributed by atoms with van der Waals surface area (Å²) in [6.45, 7) is 1.36. The van der Waals surface area contributed by atoms with Crippen molar-refractivity contribution in [3.05, 3.63) is 11.9 Å². The predicted molar refractivity (Wildman–Crippen MR) is 218 cm³/mol. The molecule has 0 aliphatic carbocycles. The molecule has 2 aliphatic heterocycles. The monoisotopic (exact) mass is 779 g/mol. The van der Waals surface area contributed by atoms with E-state index in [1.807, 2.05) is 0 Å². The van der Waals surface area contributed by atoms with Crippen molar-refractivity contribution in [3.8, 4) is 0 Å². The number of rotatable bonds is 31. The summed E-state index contributed by atoms with van der Waals surface area (Å²) >= 11 is 0. The fraction of sp³-hybridized carbons (Fsp3) is 0.953. The van der Waals surface area contributed by atoms with E-state index in [2.05, 4.69) is 19.4 Å². The van der Waals surface area contributed by atoms with Crippen LogP contribution >= 0.6 is 10.0 Å². The van der Waals surface area contributed by atoms with Gasteiger partial charge in [-0.15, -0.1) is 0 Å². The molecule has 0 saturated carbocycles. The lowest BCUT2D eigenvalue weighted by Crippen LogP contribution is -2.59. The van der Waals surface area contributed by atoms with E-state index >= 15 is 4.39 Å². The summed E-state index contributed by atoms with van der Waals surface area (Å²) in [5, 5.41) is 62.3. The molecule has 0 aromatic rings. The first-order chi connectivity index (χ1) is 25.5. The zero-order valence-electron chi connectivity index (χ0n) is 34.1. The third kappa shape index (κ3) is 21.2. The van der Waals surface area contributed by atoms with Crippen LogP contribution in [-0.4, -0.2) is 111 Å². The Morgan fingerprint density at radius 3 is 1.79 bits per heavy atom. The lowest BCUT2D eigenvalue weighted by molar-refractivity contribution is -0.303. The Morgan fingerprint density at radius 2 is 1.25 bits per heavy atom. The number of ether oxygens (including phenoxy) is 2. The van der Waals surface area contributed by atoms with Crippen LogP contribution in [0.2, 0.25) is 0 Å². The second-order valence-corrected chi connectivity index (χ2v) is 21.4. The van der Waals surface area contributed by atoms with Gasteiger partial charge in [0.1, 0.15) is 24.4 Å². The zero-order valence-corrected chi connectivity index (χ0v) is 34.9. The predicted octanol–water partition coefficient (Wildman–Crippen LogP) is 8.46. The third-order valence-corrected chi connectivity index (χ3v) is 14.5. The van der Waals surface area contributed by atoms with Crippen LogP contribution in [0, 0.1) is 11.8 Å². The maximum Gasteiger partial charge on any atom is 0.186 e. The van der Waals surface area contributed by atoms with Gasteiger partial charge < -0.3 is 40.1 Å². The SMILES string of the molecule is CCCCCCCCCCCCCC[C@@H](O)[C@@H](O)[C@@H](/C=C(/F)CCCCCCCCCCC1CCS(C)(C)CC1)COC1OC(CO)C(O)C(O)C1O. The average molecular weight is 779 g/mol. The van der Waals surface area contributed by atoms with E-state index in [0.29, 0.717) is 12.8 Å². The summed E-state index contributed by atoms with van der Waals surface area (Å²) in [4.78, 5) is 0. The molecule has 2 saturated heterocycles. The quantitative estimate of drug-likeness (QED) is 0.0386. The number of halogens is 1. The molecule has 0 amide bonds. The molecule has 53 heavy (non-hydrogen) atoms. The lowest BCUT2D eigenvalue weighted by atomic mass is 9.93. The van der Waals surface area contributed by atoms with Crippen molar-refractivity contribution in [1.29, 1.82) is 0 Å². The molecule has 0 radical (unpaired) electrons. The first kappa shape index (κ1) is 48.8. The number of aliphatic hydroxyl groups excluding tert-OH is 6. The number of hydrogen-bond acceptors (Lipinski definition) is 8. The van der Waals surface area contributed by atoms with Gasteiger partial charge in [0.15, 0.2) is 6.29 Å². The molecular formula is C43H83FO8S. The van der Waals surface area contributed by atoms with Crippen LogP contribution in [0.15, 0.2) is 11.9 Å². The van der Waals surface area contributed by atoms with Crippen molar-refractivity contribution in [2.24, 2.45) is 11.8 Å². The first-order valence-corrected chi connectivity index (χ1v) is 24.6. The molecule has 0 bridgehead atoms. The third-order valence-electron chi connectivity index (χ3n) is 11.8. The van der Waals surface area contributed by atoms with E-state index in [1.54, 1.807) is 0 Å². The number of allylic oxidation sites excluding steroid dienone is 1. The van der Waals surface area contributed by atoms with Gasteiger partial charge in [0.05, 0.1) is 31.2 Å². The van der Waals surface area contributed by atoms with Crippen molar-refractivity contribution in [2.75, 3.05) is 37.2 Å². The maximum atomic E-state index is 15.2. The van der Waals surface area contributed by atoms with E-state index < -0.39 is 55.4 Å². The highest BCUT2D eigenvalue weighted by molar-refractivity contribution is 8.32. The molecule has 2 fully saturated rings. The molecule has 2 aliphatic rings. The molecule has 8 atom stereocenters. The van der Waals surface area contributed by atoms with Crippen molar-refractivity contribution in [3.63, 3.8) is 0 Å². The molecule has 316 valence electrons. The van der Waals surface area contributed by atoms with Gasteiger partial charge >= 0.3 is 0 Å². The van der Waals surface area contributed by atoms with E-state index in [-0.39, 0.29) is 28.9 Å². The van der Waals surface area contributed by atoms with Crippen LogP contribution in [0.3, 0.4) is 0 Å². The molecule has 2 heterocycles. The van der Waals surface area contributed by atoms with Crippen LogP contribution < -0.4 is 0 Å². The minimum atomic E-state index is -1.60. The van der Waals surface area contributed by atoms with E-state index in [9.17, 15) is 30.6 Å². The van der Waals surface area contributed by atoms with Crippen LogP contribution in [0.5, 0.6) is 0 Å². The van der Waals surface area contributed by atoms with Gasteiger partial charge in [-0.25, -0.2) is 14.4 Å². The molecule has 0 aromatic carbocycles. The van der Waals surface area contributed by atoms with Crippen LogP contribution in [0.1, 0.15) is 167 Å². The highest BCUT2D eigenvalue weighted by atomic mass is 32.3. The largest absolute Gasteiger partial charge is 0.394 e. The molecule has 0 aromatic heterocycles. The summed E-state index contributed by atoms with van der Waals surface area (Å²) in [6.07, 6.45) is 24.8. The van der Waals surface area contributed by atoms with E-state index in [0.717, 1.165) is 50.9 Å². The maximum absolute atomic E-state index is 15.2. The summed E-state index contributed by atoms with van der Waals surface area (Å²) in [7, 11) is -0.298. The topological polar surface area (TPSA) is 140 Å². The van der Waals surface area contributed by atoms with Gasteiger partial charge in [0, 0.05) is 5.92 Å². The Labute approximate surface area is 325 Å². The zero-order chi connectivity index (χ0) is 38.9. The molecule has 0 spiro atoms. The van der Waals surface area contributed by atoms with Gasteiger partial charge in [-0.05, 0) is 68.1 Å². The molecular weight excluding hydrogens is 696 g/mol. The molecule has 10 heteroatoms. The number of aliphatic hydroxyl groups is 6. The molecule has 2 rings (SSSR count). The Hall–Kier alpha value is -0.300. The summed E-state index contributed by atoms with van der Waals surface area (Å²) in [5.41, 5.74) is 0. The lowest BCUT2D eigenvalue weighted by Gasteiger charge is -2.40. The minimum absolute atomic E-state index is 0.234. The normalized spacial score (nSPS) is 26.4. The highest BCUT2D eigenvalue weighted by Gasteiger charge is 2.44. The Balaban J connectivity index is 1.73. The highest BCUT2D eigenvalue weighted by Crippen LogP contribution is 2.47. The fourth-order valence-electron chi connectivity index (χ4n) is 7.92. The van der Waals surface area contributed by atoms with Crippen molar-refractivity contribution in [2.45, 2.75) is 210 Å². The molecule has 6 N–H and O–H groups in total. The standard InChI is InChI=1S/C43H83FO8S/c1-4-5-6-7-8-9-10-11-12-17-20-23-26-37(46)39(47)35(33-51-43-42(50)41(49)40(48)38(32-45)52-43)31-36(44)25-22-19-16-14-13-15-18-21-24-34-27-29-53(2,3)30-28-34/h31,34-35,37-43,45-50H,4-30,32-33H2,1-3H3/b36-31+/t35-,37+,38?,39-,40?,41?,42?,43?/m0/s1. The van der Waals surface area contributed by atoms with Crippen LogP contribution in [0.4, 0.5) is 4.39 Å². The van der Waals surface area contributed by atoms with Gasteiger partial charge in [-0.1, -0.05) is 135 Å². The number of hydrogen-bond donors (Lipinski definition) is 6.